The van der Waals surface area contributed by atoms with Crippen LogP contribution in [-0.2, 0) is 9.47 Å². The highest BCUT2D eigenvalue weighted by Crippen LogP contribution is 2.15. The lowest BCUT2D eigenvalue weighted by Gasteiger charge is -2.26. The van der Waals surface area contributed by atoms with E-state index in [0.29, 0.717) is 13.2 Å². The van der Waals surface area contributed by atoms with Crippen LogP contribution in [-0.4, -0.2) is 32.5 Å². The summed E-state index contributed by atoms with van der Waals surface area (Å²) < 4.78 is 10.5. The van der Waals surface area contributed by atoms with E-state index >= 15 is 0 Å². The summed E-state index contributed by atoms with van der Waals surface area (Å²) in [5.74, 6) is 0. The van der Waals surface area contributed by atoms with Gasteiger partial charge in [-0.3, -0.25) is 0 Å². The van der Waals surface area contributed by atoms with E-state index in [4.69, 9.17) is 15.0 Å². The molecule has 68 valence electrons. The van der Waals surface area contributed by atoms with Gasteiger partial charge in [0, 0.05) is 12.0 Å². The van der Waals surface area contributed by atoms with Gasteiger partial charge in [-0.15, -0.1) is 0 Å². The van der Waals surface area contributed by atoms with Crippen LogP contribution in [0.2, 0.25) is 0 Å². The van der Waals surface area contributed by atoms with Crippen LogP contribution >= 0.6 is 0 Å². The minimum atomic E-state index is 0.0901. The van der Waals surface area contributed by atoms with Gasteiger partial charge in [0.1, 0.15) is 0 Å². The second kappa shape index (κ2) is 4.98. The number of azide groups is 1. The predicted molar refractivity (Wildman–Crippen MR) is 43.8 cm³/mol. The van der Waals surface area contributed by atoms with Crippen molar-refractivity contribution in [2.24, 2.45) is 5.11 Å². The first-order valence-electron chi connectivity index (χ1n) is 4.02. The molecule has 0 spiro atoms. The molecular weight excluding hydrogens is 158 g/mol. The van der Waals surface area contributed by atoms with E-state index < -0.39 is 0 Å². The Morgan fingerprint density at radius 2 is 2.50 bits per heavy atom. The molecule has 1 fully saturated rings. The highest BCUT2D eigenvalue weighted by atomic mass is 16.5. The Bertz CT molecular complexity index is 171. The van der Waals surface area contributed by atoms with Crippen molar-refractivity contribution in [2.45, 2.75) is 25.0 Å². The highest BCUT2D eigenvalue weighted by Gasteiger charge is 2.20. The lowest BCUT2D eigenvalue weighted by Crippen LogP contribution is -2.32. The summed E-state index contributed by atoms with van der Waals surface area (Å²) in [6.07, 6.45) is 2.21. The minimum absolute atomic E-state index is 0.0901. The Labute approximate surface area is 71.3 Å². The smallest absolute Gasteiger partial charge is 0.0805 e. The lowest BCUT2D eigenvalue weighted by molar-refractivity contribution is -0.0671. The maximum absolute atomic E-state index is 8.07. The summed E-state index contributed by atoms with van der Waals surface area (Å²) in [5, 5.41) is 3.46. The second-order valence-electron chi connectivity index (χ2n) is 2.80. The van der Waals surface area contributed by atoms with Crippen molar-refractivity contribution < 1.29 is 9.47 Å². The summed E-state index contributed by atoms with van der Waals surface area (Å²) in [5.41, 5.74) is 8.07. The van der Waals surface area contributed by atoms with Gasteiger partial charge in [-0.2, -0.15) is 0 Å². The monoisotopic (exact) mass is 171 g/mol. The van der Waals surface area contributed by atoms with Crippen LogP contribution in [0.25, 0.3) is 10.4 Å². The molecule has 12 heavy (non-hydrogen) atoms. The molecule has 1 rings (SSSR count). The third-order valence-electron chi connectivity index (χ3n) is 2.01. The van der Waals surface area contributed by atoms with Crippen LogP contribution < -0.4 is 0 Å². The van der Waals surface area contributed by atoms with Gasteiger partial charge in [-0.05, 0) is 18.4 Å². The maximum atomic E-state index is 8.07. The fourth-order valence-corrected chi connectivity index (χ4v) is 1.24. The Kier molecular flexibility index (Phi) is 3.87. The van der Waals surface area contributed by atoms with Gasteiger partial charge in [0.05, 0.1) is 25.4 Å². The van der Waals surface area contributed by atoms with Crippen LogP contribution in [0.1, 0.15) is 12.8 Å². The van der Waals surface area contributed by atoms with Crippen LogP contribution in [0.5, 0.6) is 0 Å². The number of hydrogen-bond acceptors (Lipinski definition) is 3. The van der Waals surface area contributed by atoms with Gasteiger partial charge in [0.15, 0.2) is 0 Å². The van der Waals surface area contributed by atoms with Crippen LogP contribution in [0.4, 0.5) is 0 Å². The molecule has 0 aromatic rings. The summed E-state index contributed by atoms with van der Waals surface area (Å²) in [4.78, 5) is 2.68. The average molecular weight is 171 g/mol. The van der Waals surface area contributed by atoms with Gasteiger partial charge in [0.25, 0.3) is 0 Å². The average Bonchev–Trinajstić information content (AvgIpc) is 2.15. The zero-order valence-electron chi connectivity index (χ0n) is 7.14. The van der Waals surface area contributed by atoms with Crippen molar-refractivity contribution >= 4 is 0 Å². The topological polar surface area (TPSA) is 67.2 Å². The summed E-state index contributed by atoms with van der Waals surface area (Å²) in [6, 6.07) is 0. The molecule has 0 N–H and O–H groups in total. The summed E-state index contributed by atoms with van der Waals surface area (Å²) >= 11 is 0. The van der Waals surface area contributed by atoms with Gasteiger partial charge in [-0.25, -0.2) is 0 Å². The van der Waals surface area contributed by atoms with Crippen molar-refractivity contribution in [2.75, 3.05) is 20.3 Å². The zero-order chi connectivity index (χ0) is 8.81. The van der Waals surface area contributed by atoms with Gasteiger partial charge in [-0.1, -0.05) is 5.11 Å². The summed E-state index contributed by atoms with van der Waals surface area (Å²) in [6.45, 7) is 1.05. The maximum Gasteiger partial charge on any atom is 0.0805 e. The molecule has 1 saturated heterocycles. The molecular formula is C7H13N3O2. The highest BCUT2D eigenvalue weighted by molar-refractivity contribution is 4.71. The van der Waals surface area contributed by atoms with Gasteiger partial charge >= 0.3 is 0 Å². The molecule has 0 radical (unpaired) electrons. The predicted octanol–water partition coefficient (Wildman–Crippen LogP) is 1.49. The van der Waals surface area contributed by atoms with E-state index in [1.165, 1.54) is 0 Å². The van der Waals surface area contributed by atoms with Crippen molar-refractivity contribution in [1.29, 1.82) is 0 Å². The molecule has 0 saturated carbocycles. The molecule has 0 aliphatic carbocycles. The third-order valence-corrected chi connectivity index (χ3v) is 2.01. The van der Waals surface area contributed by atoms with Crippen LogP contribution in [0.15, 0.2) is 5.11 Å². The standard InChI is InChI=1S/C7H13N3O2/c1-11-7-3-2-6(12-5-7)4-9-10-8/h6-7H,2-5H2,1H3/t6-,7+/m0/s1. The van der Waals surface area contributed by atoms with E-state index in [0.717, 1.165) is 12.8 Å². The number of hydrogen-bond donors (Lipinski definition) is 0. The molecule has 2 atom stereocenters. The zero-order valence-corrected chi connectivity index (χ0v) is 7.14. The fourth-order valence-electron chi connectivity index (χ4n) is 1.24. The van der Waals surface area contributed by atoms with Crippen LogP contribution in [0, 0.1) is 0 Å². The molecule has 5 nitrogen and oxygen atoms in total. The number of nitrogens with zero attached hydrogens (tertiary/aromatic N) is 3. The minimum Gasteiger partial charge on any atom is -0.379 e. The van der Waals surface area contributed by atoms with E-state index in [-0.39, 0.29) is 12.2 Å². The quantitative estimate of drug-likeness (QED) is 0.366. The van der Waals surface area contributed by atoms with Gasteiger partial charge in [0.2, 0.25) is 0 Å². The Morgan fingerprint density at radius 1 is 1.67 bits per heavy atom. The number of ether oxygens (including phenoxy) is 2. The van der Waals surface area contributed by atoms with E-state index in [1.807, 2.05) is 0 Å². The van der Waals surface area contributed by atoms with Crippen molar-refractivity contribution in [3.63, 3.8) is 0 Å². The first-order chi connectivity index (χ1) is 5.86. The normalized spacial score (nSPS) is 29.4. The van der Waals surface area contributed by atoms with E-state index in [1.54, 1.807) is 7.11 Å². The molecule has 0 aromatic carbocycles. The molecule has 0 unspecified atom stereocenters. The van der Waals surface area contributed by atoms with Crippen molar-refractivity contribution in [3.8, 4) is 0 Å². The first kappa shape index (κ1) is 9.32. The lowest BCUT2D eigenvalue weighted by atomic mass is 10.1. The third kappa shape index (κ3) is 2.70. The van der Waals surface area contributed by atoms with E-state index in [2.05, 4.69) is 10.0 Å². The Morgan fingerprint density at radius 3 is 3.00 bits per heavy atom. The number of rotatable bonds is 3. The molecule has 1 aliphatic heterocycles. The molecule has 1 aliphatic rings. The fraction of sp³-hybridized carbons (Fsp3) is 1.00. The van der Waals surface area contributed by atoms with Crippen LogP contribution in [0.3, 0.4) is 0 Å². The summed E-state index contributed by atoms with van der Waals surface area (Å²) in [7, 11) is 1.68. The first-order valence-corrected chi connectivity index (χ1v) is 4.02. The van der Waals surface area contributed by atoms with Crippen molar-refractivity contribution in [1.82, 2.24) is 0 Å². The van der Waals surface area contributed by atoms with Gasteiger partial charge < -0.3 is 9.47 Å². The van der Waals surface area contributed by atoms with E-state index in [9.17, 15) is 0 Å². The molecule has 0 amide bonds. The largest absolute Gasteiger partial charge is 0.379 e. The number of methoxy groups -OCH3 is 1. The molecule has 1 heterocycles. The Hall–Kier alpha value is -0.770. The molecule has 0 aromatic heterocycles. The molecule has 5 heteroatoms. The Balaban J connectivity index is 2.21. The van der Waals surface area contributed by atoms with Crippen molar-refractivity contribution in [3.05, 3.63) is 10.4 Å². The molecule has 0 bridgehead atoms. The second-order valence-corrected chi connectivity index (χ2v) is 2.80. The SMILES string of the molecule is CO[C@@H]1CC[C@@H](CN=[N+]=[N-])OC1.